The van der Waals surface area contributed by atoms with Gasteiger partial charge in [0.15, 0.2) is 0 Å². The molecule has 0 aliphatic heterocycles. The van der Waals surface area contributed by atoms with E-state index in [1.807, 2.05) is 0 Å². The molecule has 16 heteroatoms. The van der Waals surface area contributed by atoms with Gasteiger partial charge in [-0.25, -0.2) is 9.59 Å². The van der Waals surface area contributed by atoms with Crippen molar-refractivity contribution in [2.24, 2.45) is 0 Å². The normalized spacial score (nSPS) is 12.8. The Bertz CT molecular complexity index is 735. The molecular formula is C16H14F10N2O4. The predicted molar refractivity (Wildman–Crippen MR) is 84.8 cm³/mol. The molecule has 182 valence electrons. The average Bonchev–Trinajstić information content (AvgIpc) is 2.66. The lowest BCUT2D eigenvalue weighted by Gasteiger charge is -2.19. The maximum atomic E-state index is 12.7. The summed E-state index contributed by atoms with van der Waals surface area (Å²) < 4.78 is 132. The molecule has 0 aliphatic rings. The van der Waals surface area contributed by atoms with Gasteiger partial charge in [0.1, 0.15) is 13.2 Å². The molecule has 0 heterocycles. The zero-order valence-corrected chi connectivity index (χ0v) is 15.6. The highest BCUT2D eigenvalue weighted by molar-refractivity contribution is 5.67. The van der Waals surface area contributed by atoms with Gasteiger partial charge in [-0.15, -0.1) is 0 Å². The van der Waals surface area contributed by atoms with Crippen LogP contribution in [0, 0.1) is 0 Å². The van der Waals surface area contributed by atoms with Crippen LogP contribution >= 0.6 is 0 Å². The number of alkyl carbamates (subject to hydrolysis) is 2. The molecule has 0 unspecified atom stereocenters. The number of rotatable bonds is 8. The third-order valence-corrected chi connectivity index (χ3v) is 3.47. The van der Waals surface area contributed by atoms with E-state index in [0.717, 1.165) is 0 Å². The van der Waals surface area contributed by atoms with Crippen LogP contribution < -0.4 is 10.6 Å². The summed E-state index contributed by atoms with van der Waals surface area (Å²) in [4.78, 5) is 22.5. The van der Waals surface area contributed by atoms with E-state index in [4.69, 9.17) is 0 Å². The maximum absolute atomic E-state index is 12.7. The molecule has 0 bridgehead atoms. The molecule has 0 radical (unpaired) electrons. The molecule has 0 aromatic heterocycles. The minimum absolute atomic E-state index is 0.160. The van der Waals surface area contributed by atoms with E-state index in [0.29, 0.717) is 0 Å². The van der Waals surface area contributed by atoms with E-state index in [1.165, 1.54) is 34.9 Å². The van der Waals surface area contributed by atoms with Crippen molar-refractivity contribution in [2.45, 2.75) is 37.4 Å². The third kappa shape index (κ3) is 8.30. The molecule has 0 atom stereocenters. The SMILES string of the molecule is O=C(NCC(F)(F)C(F)(F)F)OCc1cccc(COC(=O)NCC(F)(F)C(F)(F)F)c1. The van der Waals surface area contributed by atoms with Crippen LogP contribution in [0.4, 0.5) is 53.5 Å². The van der Waals surface area contributed by atoms with Gasteiger partial charge in [0.25, 0.3) is 0 Å². The number of hydrogen-bond acceptors (Lipinski definition) is 4. The summed E-state index contributed by atoms with van der Waals surface area (Å²) in [6, 6.07) is 5.19. The Morgan fingerprint density at radius 1 is 0.688 bits per heavy atom. The lowest BCUT2D eigenvalue weighted by atomic mass is 10.1. The molecule has 32 heavy (non-hydrogen) atoms. The van der Waals surface area contributed by atoms with E-state index in [9.17, 15) is 53.5 Å². The van der Waals surface area contributed by atoms with E-state index >= 15 is 0 Å². The Balaban J connectivity index is 2.48. The molecule has 1 rings (SSSR count). The monoisotopic (exact) mass is 488 g/mol. The van der Waals surface area contributed by atoms with E-state index in [-0.39, 0.29) is 11.1 Å². The van der Waals surface area contributed by atoms with Crippen molar-refractivity contribution in [1.29, 1.82) is 0 Å². The van der Waals surface area contributed by atoms with Crippen LogP contribution in [0.2, 0.25) is 0 Å². The summed E-state index contributed by atoms with van der Waals surface area (Å²) in [7, 11) is 0. The second-order valence-corrected chi connectivity index (χ2v) is 6.08. The van der Waals surface area contributed by atoms with Gasteiger partial charge in [-0.2, -0.15) is 43.9 Å². The standard InChI is InChI=1S/C16H14F10N2O4/c17-13(18,15(21,22)23)7-27-11(29)31-5-9-2-1-3-10(4-9)6-32-12(30)28-8-14(19,20)16(24,25)26/h1-4H,5-8H2,(H,27,29)(H,28,30). The number of alkyl halides is 10. The van der Waals surface area contributed by atoms with Crippen molar-refractivity contribution in [1.82, 2.24) is 10.6 Å². The first-order chi connectivity index (χ1) is 14.4. The van der Waals surface area contributed by atoms with Gasteiger partial charge in [-0.1, -0.05) is 18.2 Å². The zero-order valence-electron chi connectivity index (χ0n) is 15.6. The Morgan fingerprint density at radius 3 is 1.34 bits per heavy atom. The molecule has 0 saturated heterocycles. The number of carbonyl (C=O) groups excluding carboxylic acids is 2. The van der Waals surface area contributed by atoms with Crippen molar-refractivity contribution in [2.75, 3.05) is 13.1 Å². The average molecular weight is 488 g/mol. The van der Waals surface area contributed by atoms with Crippen LogP contribution in [0.3, 0.4) is 0 Å². The van der Waals surface area contributed by atoms with Crippen molar-refractivity contribution in [3.63, 3.8) is 0 Å². The molecule has 6 nitrogen and oxygen atoms in total. The summed E-state index contributed by atoms with van der Waals surface area (Å²) in [5.74, 6) is -10.3. The number of amides is 2. The van der Waals surface area contributed by atoms with Gasteiger partial charge in [0, 0.05) is 0 Å². The van der Waals surface area contributed by atoms with E-state index in [1.54, 1.807) is 0 Å². The Hall–Kier alpha value is -2.94. The molecule has 2 amide bonds. The molecule has 0 aliphatic carbocycles. The first kappa shape index (κ1) is 27.1. The summed E-state index contributed by atoms with van der Waals surface area (Å²) in [5.41, 5.74) is 0.320. The summed E-state index contributed by atoms with van der Waals surface area (Å²) in [6.45, 7) is -5.29. The van der Waals surface area contributed by atoms with Gasteiger partial charge in [-0.05, 0) is 17.2 Å². The van der Waals surface area contributed by atoms with Gasteiger partial charge in [0.2, 0.25) is 0 Å². The Labute approximate surface area is 172 Å². The fourth-order valence-electron chi connectivity index (χ4n) is 1.78. The molecule has 0 saturated carbocycles. The highest BCUT2D eigenvalue weighted by Gasteiger charge is 2.58. The maximum Gasteiger partial charge on any atom is 0.455 e. The minimum atomic E-state index is -5.87. The van der Waals surface area contributed by atoms with Crippen LogP contribution in [0.1, 0.15) is 11.1 Å². The van der Waals surface area contributed by atoms with Gasteiger partial charge in [0.05, 0.1) is 13.1 Å². The van der Waals surface area contributed by atoms with Crippen LogP contribution in [-0.4, -0.2) is 49.5 Å². The number of nitrogens with one attached hydrogen (secondary N) is 2. The number of halogens is 10. The fourth-order valence-corrected chi connectivity index (χ4v) is 1.78. The highest BCUT2D eigenvalue weighted by atomic mass is 19.4. The number of benzene rings is 1. The zero-order chi connectivity index (χ0) is 24.8. The summed E-state index contributed by atoms with van der Waals surface area (Å²) >= 11 is 0. The quantitative estimate of drug-likeness (QED) is 0.528. The smallest absolute Gasteiger partial charge is 0.445 e. The molecule has 1 aromatic carbocycles. The van der Waals surface area contributed by atoms with Gasteiger partial charge >= 0.3 is 36.4 Å². The highest BCUT2D eigenvalue weighted by Crippen LogP contribution is 2.35. The predicted octanol–water partition coefficient (Wildman–Crippen LogP) is 4.53. The van der Waals surface area contributed by atoms with Crippen LogP contribution in [0.5, 0.6) is 0 Å². The van der Waals surface area contributed by atoms with E-state index < -0.39 is 62.7 Å². The van der Waals surface area contributed by atoms with E-state index in [2.05, 4.69) is 9.47 Å². The largest absolute Gasteiger partial charge is 0.455 e. The van der Waals surface area contributed by atoms with Crippen molar-refractivity contribution in [3.8, 4) is 0 Å². The molecule has 0 fully saturated rings. The number of carbonyl (C=O) groups is 2. The lowest BCUT2D eigenvalue weighted by Crippen LogP contribution is -2.46. The number of hydrogen-bond donors (Lipinski definition) is 2. The topological polar surface area (TPSA) is 76.7 Å². The fraction of sp³-hybridized carbons (Fsp3) is 0.500. The Kier molecular flexibility index (Phi) is 8.57. The van der Waals surface area contributed by atoms with Crippen LogP contribution in [-0.2, 0) is 22.7 Å². The number of ether oxygens (including phenoxy) is 2. The summed E-state index contributed by atoms with van der Waals surface area (Å²) in [5, 5.41) is 2.48. The van der Waals surface area contributed by atoms with Gasteiger partial charge in [-0.3, -0.25) is 0 Å². The molecule has 0 spiro atoms. The second kappa shape index (κ2) is 10.1. The van der Waals surface area contributed by atoms with Crippen LogP contribution in [0.25, 0.3) is 0 Å². The summed E-state index contributed by atoms with van der Waals surface area (Å²) in [6.07, 6.45) is -14.9. The van der Waals surface area contributed by atoms with Crippen molar-refractivity contribution in [3.05, 3.63) is 35.4 Å². The van der Waals surface area contributed by atoms with Crippen LogP contribution in [0.15, 0.2) is 24.3 Å². The molecular weight excluding hydrogens is 474 g/mol. The minimum Gasteiger partial charge on any atom is -0.445 e. The second-order valence-electron chi connectivity index (χ2n) is 6.08. The van der Waals surface area contributed by atoms with Crippen molar-refractivity contribution >= 4 is 12.2 Å². The van der Waals surface area contributed by atoms with Crippen molar-refractivity contribution < 1.29 is 63.0 Å². The first-order valence-electron chi connectivity index (χ1n) is 8.23. The first-order valence-corrected chi connectivity index (χ1v) is 8.23. The third-order valence-electron chi connectivity index (χ3n) is 3.47. The molecule has 1 aromatic rings. The lowest BCUT2D eigenvalue weighted by molar-refractivity contribution is -0.278. The molecule has 2 N–H and O–H groups in total. The Morgan fingerprint density at radius 2 is 1.03 bits per heavy atom. The van der Waals surface area contributed by atoms with Gasteiger partial charge < -0.3 is 20.1 Å².